The number of methoxy groups -OCH3 is 3. The highest BCUT2D eigenvalue weighted by Crippen LogP contribution is 2.43. The lowest BCUT2D eigenvalue weighted by atomic mass is 9.99. The van der Waals surface area contributed by atoms with E-state index in [1.54, 1.807) is 0 Å². The van der Waals surface area contributed by atoms with Crippen LogP contribution in [0.1, 0.15) is 5.56 Å². The van der Waals surface area contributed by atoms with Gasteiger partial charge in [0.05, 0.1) is 21.3 Å². The standard InChI is InChI=1S/C33H32O15/c1-42-21-10-15(11-22(43-2)27(21)37)4-9-25(36)45-14-24-28(38)30(40)31(41)33(48-24)47-23-13-20-26(29(39)32(23)44-3)18(35)12-19(46-20)16-5-7-17(34)8-6-16/h4-13,24,28,30-31,33-34,37-41H,14H2,1-3H3/b9-4+/t24-,28-,30+,31-,33-/m0/s1. The van der Waals surface area contributed by atoms with Crippen LogP contribution in [0, 0.1) is 0 Å². The Morgan fingerprint density at radius 1 is 0.833 bits per heavy atom. The maximum Gasteiger partial charge on any atom is 0.330 e. The number of ether oxygens (including phenoxy) is 6. The van der Waals surface area contributed by atoms with Crippen LogP contribution in [-0.4, -0.2) is 95.3 Å². The van der Waals surface area contributed by atoms with Crippen LogP contribution in [0.25, 0.3) is 28.4 Å². The van der Waals surface area contributed by atoms with Crippen LogP contribution in [0.5, 0.6) is 40.2 Å². The summed E-state index contributed by atoms with van der Waals surface area (Å²) in [6, 6.07) is 11.1. The van der Waals surface area contributed by atoms with E-state index >= 15 is 0 Å². The number of aliphatic hydroxyl groups excluding tert-OH is 3. The highest BCUT2D eigenvalue weighted by Gasteiger charge is 2.46. The van der Waals surface area contributed by atoms with Crippen molar-refractivity contribution in [2.75, 3.05) is 27.9 Å². The molecule has 254 valence electrons. The third-order valence-corrected chi connectivity index (χ3v) is 7.48. The molecule has 6 N–H and O–H groups in total. The monoisotopic (exact) mass is 668 g/mol. The average molecular weight is 669 g/mol. The summed E-state index contributed by atoms with van der Waals surface area (Å²) in [5.41, 5.74) is 0.125. The third kappa shape index (κ3) is 6.79. The topological polar surface area (TPSA) is 224 Å². The zero-order chi connectivity index (χ0) is 34.7. The van der Waals surface area contributed by atoms with Gasteiger partial charge in [0, 0.05) is 23.8 Å². The van der Waals surface area contributed by atoms with E-state index in [-0.39, 0.29) is 51.2 Å². The fourth-order valence-corrected chi connectivity index (χ4v) is 4.98. The summed E-state index contributed by atoms with van der Waals surface area (Å²) in [5, 5.41) is 62.1. The SMILES string of the molecule is COc1cc(/C=C/C(=O)OC[C@@H]2O[C@H](Oc3cc4oc(-c5ccc(O)cc5)cc(=O)c4c(O)c3OC)[C@@H](O)[C@H](O)[C@H]2O)cc(OC)c1O. The Balaban J connectivity index is 1.35. The molecule has 4 aromatic rings. The van der Waals surface area contributed by atoms with Crippen LogP contribution >= 0.6 is 0 Å². The van der Waals surface area contributed by atoms with Crippen molar-refractivity contribution in [1.29, 1.82) is 0 Å². The van der Waals surface area contributed by atoms with Crippen LogP contribution in [0.15, 0.2) is 63.8 Å². The van der Waals surface area contributed by atoms with Crippen molar-refractivity contribution in [2.24, 2.45) is 0 Å². The average Bonchev–Trinajstić information content (AvgIpc) is 3.07. The molecule has 0 spiro atoms. The summed E-state index contributed by atoms with van der Waals surface area (Å²) < 4.78 is 37.9. The molecule has 1 fully saturated rings. The van der Waals surface area contributed by atoms with E-state index in [2.05, 4.69) is 0 Å². The first-order valence-electron chi connectivity index (χ1n) is 14.3. The van der Waals surface area contributed by atoms with Gasteiger partial charge in [0.15, 0.2) is 28.4 Å². The lowest BCUT2D eigenvalue weighted by Crippen LogP contribution is -2.60. The van der Waals surface area contributed by atoms with Crippen molar-refractivity contribution in [1.82, 2.24) is 0 Å². The number of phenols is 3. The van der Waals surface area contributed by atoms with Gasteiger partial charge in [-0.3, -0.25) is 4.79 Å². The van der Waals surface area contributed by atoms with E-state index in [0.717, 1.165) is 12.1 Å². The van der Waals surface area contributed by atoms with Gasteiger partial charge in [-0.05, 0) is 48.0 Å². The summed E-state index contributed by atoms with van der Waals surface area (Å²) >= 11 is 0. The second-order valence-electron chi connectivity index (χ2n) is 10.5. The molecule has 15 heteroatoms. The number of phenolic OH excluding ortho intramolecular Hbond substituents is 3. The number of benzene rings is 3. The largest absolute Gasteiger partial charge is 0.508 e. The Hall–Kier alpha value is -5.48. The Kier molecular flexibility index (Phi) is 9.95. The van der Waals surface area contributed by atoms with Crippen LogP contribution in [0.3, 0.4) is 0 Å². The van der Waals surface area contributed by atoms with Crippen LogP contribution in [-0.2, 0) is 14.3 Å². The van der Waals surface area contributed by atoms with Crippen molar-refractivity contribution < 1.29 is 68.3 Å². The summed E-state index contributed by atoms with van der Waals surface area (Å²) in [6.07, 6.45) is -6.03. The van der Waals surface area contributed by atoms with Gasteiger partial charge < -0.3 is 63.5 Å². The van der Waals surface area contributed by atoms with E-state index in [1.165, 1.54) is 69.9 Å². The molecule has 1 aromatic heterocycles. The van der Waals surface area contributed by atoms with Gasteiger partial charge in [-0.15, -0.1) is 0 Å². The number of aromatic hydroxyl groups is 3. The second-order valence-corrected chi connectivity index (χ2v) is 10.5. The maximum atomic E-state index is 13.0. The zero-order valence-corrected chi connectivity index (χ0v) is 25.7. The number of esters is 1. The fraction of sp³-hybridized carbons (Fsp3) is 0.273. The molecule has 3 aromatic carbocycles. The maximum absolute atomic E-state index is 13.0. The van der Waals surface area contributed by atoms with E-state index in [0.29, 0.717) is 11.1 Å². The minimum atomic E-state index is -1.83. The predicted molar refractivity (Wildman–Crippen MR) is 166 cm³/mol. The number of fused-ring (bicyclic) bond motifs is 1. The normalized spacial score (nSPS) is 20.8. The molecule has 1 aliphatic heterocycles. The van der Waals surface area contributed by atoms with E-state index < -0.39 is 54.5 Å². The van der Waals surface area contributed by atoms with Crippen molar-refractivity contribution in [3.8, 4) is 51.6 Å². The highest BCUT2D eigenvalue weighted by molar-refractivity contribution is 5.90. The molecule has 0 amide bonds. The first kappa shape index (κ1) is 33.9. The Morgan fingerprint density at radius 3 is 2.12 bits per heavy atom. The van der Waals surface area contributed by atoms with Gasteiger partial charge >= 0.3 is 5.97 Å². The molecule has 5 rings (SSSR count). The molecule has 2 heterocycles. The van der Waals surface area contributed by atoms with Gasteiger partial charge in [0.25, 0.3) is 0 Å². The van der Waals surface area contributed by atoms with E-state index in [9.17, 15) is 40.2 Å². The van der Waals surface area contributed by atoms with Crippen LogP contribution in [0.4, 0.5) is 0 Å². The minimum absolute atomic E-state index is 0.000921. The third-order valence-electron chi connectivity index (χ3n) is 7.48. The first-order chi connectivity index (χ1) is 22.9. The molecule has 0 radical (unpaired) electrons. The number of carbonyl (C=O) groups is 1. The summed E-state index contributed by atoms with van der Waals surface area (Å²) in [5.74, 6) is -1.99. The molecule has 0 saturated carbocycles. The molecule has 0 unspecified atom stereocenters. The molecular formula is C33H32O15. The predicted octanol–water partition coefficient (Wildman–Crippen LogP) is 2.05. The molecule has 5 atom stereocenters. The molecular weight excluding hydrogens is 636 g/mol. The molecule has 48 heavy (non-hydrogen) atoms. The second kappa shape index (κ2) is 14.1. The van der Waals surface area contributed by atoms with Crippen LogP contribution in [0.2, 0.25) is 0 Å². The van der Waals surface area contributed by atoms with Crippen molar-refractivity contribution in [3.63, 3.8) is 0 Å². The van der Waals surface area contributed by atoms with Crippen LogP contribution < -0.4 is 24.4 Å². The van der Waals surface area contributed by atoms with Gasteiger partial charge in [-0.2, -0.15) is 0 Å². The van der Waals surface area contributed by atoms with Crippen molar-refractivity contribution >= 4 is 23.0 Å². The molecule has 1 saturated heterocycles. The Bertz CT molecular complexity index is 1860. The Labute approximate surface area is 271 Å². The summed E-state index contributed by atoms with van der Waals surface area (Å²) in [7, 11) is 3.89. The van der Waals surface area contributed by atoms with Gasteiger partial charge in [-0.1, -0.05) is 0 Å². The van der Waals surface area contributed by atoms with Crippen molar-refractivity contribution in [2.45, 2.75) is 30.7 Å². The van der Waals surface area contributed by atoms with Gasteiger partial charge in [-0.25, -0.2) is 4.79 Å². The molecule has 1 aliphatic rings. The minimum Gasteiger partial charge on any atom is -0.508 e. The van der Waals surface area contributed by atoms with E-state index in [1.807, 2.05) is 0 Å². The number of hydrogen-bond acceptors (Lipinski definition) is 15. The number of aliphatic hydroxyl groups is 3. The number of hydrogen-bond donors (Lipinski definition) is 6. The number of rotatable bonds is 10. The number of carbonyl (C=O) groups excluding carboxylic acids is 1. The van der Waals surface area contributed by atoms with Gasteiger partial charge in [0.2, 0.25) is 17.8 Å². The lowest BCUT2D eigenvalue weighted by Gasteiger charge is -2.40. The first-order valence-corrected chi connectivity index (χ1v) is 14.3. The fourth-order valence-electron chi connectivity index (χ4n) is 4.98. The Morgan fingerprint density at radius 2 is 1.50 bits per heavy atom. The molecule has 0 bridgehead atoms. The molecule has 0 aliphatic carbocycles. The lowest BCUT2D eigenvalue weighted by molar-refractivity contribution is -0.278. The van der Waals surface area contributed by atoms with E-state index in [4.69, 9.17) is 32.8 Å². The quantitative estimate of drug-likeness (QED) is 0.105. The summed E-state index contributed by atoms with van der Waals surface area (Å²) in [6.45, 7) is -0.582. The summed E-state index contributed by atoms with van der Waals surface area (Å²) in [4.78, 5) is 25.5. The zero-order valence-electron chi connectivity index (χ0n) is 25.7. The smallest absolute Gasteiger partial charge is 0.330 e. The van der Waals surface area contributed by atoms with Gasteiger partial charge in [0.1, 0.15) is 53.5 Å². The highest BCUT2D eigenvalue weighted by atomic mass is 16.7. The van der Waals surface area contributed by atoms with Crippen molar-refractivity contribution in [3.05, 3.63) is 70.4 Å². The molecule has 15 nitrogen and oxygen atoms in total.